The molecule has 4 aliphatic carbocycles. The molecule has 6 nitrogen and oxygen atoms in total. The zero-order valence-corrected chi connectivity index (χ0v) is 17.0. The number of carbonyl (C=O) groups is 2. The number of benzene rings is 1. The van der Waals surface area contributed by atoms with Crippen LogP contribution in [0, 0.1) is 23.7 Å². The van der Waals surface area contributed by atoms with Crippen LogP contribution in [0.3, 0.4) is 0 Å². The summed E-state index contributed by atoms with van der Waals surface area (Å²) in [6.45, 7) is 1.19. The maximum Gasteiger partial charge on any atom is 0.314 e. The molecule has 1 aromatic carbocycles. The van der Waals surface area contributed by atoms with E-state index in [0.717, 1.165) is 25.7 Å². The molecule has 0 spiro atoms. The van der Waals surface area contributed by atoms with Crippen molar-refractivity contribution >= 4 is 11.9 Å². The lowest BCUT2D eigenvalue weighted by atomic mass is 9.42. The monoisotopic (exact) mass is 397 g/mol. The first-order valence-corrected chi connectivity index (χ1v) is 11.0. The van der Waals surface area contributed by atoms with E-state index in [-0.39, 0.29) is 29.5 Å². The highest BCUT2D eigenvalue weighted by Crippen LogP contribution is 2.64. The van der Waals surface area contributed by atoms with Crippen LogP contribution in [0.25, 0.3) is 0 Å². The first kappa shape index (κ1) is 18.9. The standard InChI is InChI=1S/C23H31N3O3/c1-24-22(29)25-19-12-26(13-19)20(27)11-23(16-5-3-2-4-6-16)17-7-14-8-18(23)10-15(9-17)21(14)28/h2-6,14-15,17-19,21,28H,7-13H2,1H3,(H2,24,25,29). The topological polar surface area (TPSA) is 81.7 Å². The van der Waals surface area contributed by atoms with Gasteiger partial charge < -0.3 is 20.6 Å². The molecule has 0 radical (unpaired) electrons. The van der Waals surface area contributed by atoms with Crippen LogP contribution in [-0.2, 0) is 10.2 Å². The van der Waals surface area contributed by atoms with Crippen molar-refractivity contribution < 1.29 is 14.7 Å². The lowest BCUT2D eigenvalue weighted by Crippen LogP contribution is -2.65. The van der Waals surface area contributed by atoms with E-state index in [1.54, 1.807) is 7.05 Å². The summed E-state index contributed by atoms with van der Waals surface area (Å²) in [5.74, 6) is 1.97. The predicted octanol–water partition coefficient (Wildman–Crippen LogP) is 1.88. The molecule has 5 aliphatic rings. The van der Waals surface area contributed by atoms with Gasteiger partial charge >= 0.3 is 6.03 Å². The number of urea groups is 1. The van der Waals surface area contributed by atoms with Gasteiger partial charge in [0.25, 0.3) is 0 Å². The number of nitrogens with zero attached hydrogens (tertiary/aromatic N) is 1. The molecule has 1 aromatic rings. The second-order valence-corrected chi connectivity index (χ2v) is 9.65. The Hall–Kier alpha value is -2.08. The molecule has 6 rings (SSSR count). The summed E-state index contributed by atoms with van der Waals surface area (Å²) in [5.41, 5.74) is 1.20. The highest BCUT2D eigenvalue weighted by atomic mass is 16.3. The van der Waals surface area contributed by atoms with Crippen LogP contribution in [0.4, 0.5) is 4.79 Å². The molecule has 3 N–H and O–H groups in total. The Bertz CT molecular complexity index is 760. The van der Waals surface area contributed by atoms with E-state index in [9.17, 15) is 14.7 Å². The smallest absolute Gasteiger partial charge is 0.314 e. The third-order valence-electron chi connectivity index (χ3n) is 8.32. The van der Waals surface area contributed by atoms with Gasteiger partial charge in [0.05, 0.1) is 12.1 Å². The van der Waals surface area contributed by atoms with Crippen molar-refractivity contribution in [1.29, 1.82) is 0 Å². The summed E-state index contributed by atoms with van der Waals surface area (Å²) in [6, 6.07) is 10.5. The third-order valence-corrected chi connectivity index (χ3v) is 8.32. The molecule has 29 heavy (non-hydrogen) atoms. The van der Waals surface area contributed by atoms with Crippen LogP contribution in [0.15, 0.2) is 30.3 Å². The van der Waals surface area contributed by atoms with Crippen LogP contribution in [0.1, 0.15) is 37.7 Å². The maximum atomic E-state index is 13.3. The van der Waals surface area contributed by atoms with Crippen molar-refractivity contribution in [2.45, 2.75) is 49.7 Å². The van der Waals surface area contributed by atoms with Crippen LogP contribution in [-0.4, -0.2) is 54.2 Å². The Balaban J connectivity index is 1.37. The number of rotatable bonds is 4. The fourth-order valence-electron chi connectivity index (χ4n) is 6.97. The fourth-order valence-corrected chi connectivity index (χ4v) is 6.97. The van der Waals surface area contributed by atoms with Gasteiger partial charge in [0.1, 0.15) is 0 Å². The number of aliphatic hydroxyl groups is 1. The molecule has 0 unspecified atom stereocenters. The van der Waals surface area contributed by atoms with Gasteiger partial charge in [0.15, 0.2) is 0 Å². The van der Waals surface area contributed by atoms with E-state index in [2.05, 4.69) is 34.9 Å². The van der Waals surface area contributed by atoms with E-state index in [1.807, 2.05) is 11.0 Å². The van der Waals surface area contributed by atoms with E-state index in [1.165, 1.54) is 5.56 Å². The number of hydrogen-bond donors (Lipinski definition) is 3. The lowest BCUT2D eigenvalue weighted by Gasteiger charge is -2.63. The minimum atomic E-state index is -0.192. The van der Waals surface area contributed by atoms with Gasteiger partial charge in [0.2, 0.25) is 5.91 Å². The summed E-state index contributed by atoms with van der Waals surface area (Å²) in [5, 5.41) is 16.0. The number of carbonyl (C=O) groups excluding carboxylic acids is 2. The minimum absolute atomic E-state index is 0.0419. The Morgan fingerprint density at radius 3 is 2.21 bits per heavy atom. The van der Waals surface area contributed by atoms with E-state index in [4.69, 9.17) is 0 Å². The fraction of sp³-hybridized carbons (Fsp3) is 0.652. The van der Waals surface area contributed by atoms with E-state index < -0.39 is 0 Å². The Morgan fingerprint density at radius 1 is 1.07 bits per heavy atom. The molecule has 4 saturated carbocycles. The largest absolute Gasteiger partial charge is 0.393 e. The molecule has 1 aliphatic heterocycles. The van der Waals surface area contributed by atoms with Gasteiger partial charge in [0, 0.05) is 32.0 Å². The van der Waals surface area contributed by atoms with Crippen LogP contribution >= 0.6 is 0 Å². The van der Waals surface area contributed by atoms with Crippen molar-refractivity contribution in [3.63, 3.8) is 0 Å². The second kappa shape index (κ2) is 7.01. The molecule has 5 fully saturated rings. The molecule has 156 valence electrons. The predicted molar refractivity (Wildman–Crippen MR) is 109 cm³/mol. The van der Waals surface area contributed by atoms with Gasteiger partial charge in [-0.1, -0.05) is 30.3 Å². The first-order valence-electron chi connectivity index (χ1n) is 11.0. The summed E-state index contributed by atoms with van der Waals surface area (Å²) in [4.78, 5) is 26.7. The van der Waals surface area contributed by atoms with Crippen molar-refractivity contribution in [1.82, 2.24) is 15.5 Å². The zero-order chi connectivity index (χ0) is 20.2. The molecule has 1 saturated heterocycles. The molecule has 4 bridgehead atoms. The molecule has 0 aromatic heterocycles. The van der Waals surface area contributed by atoms with Crippen LogP contribution in [0.5, 0.6) is 0 Å². The molecule has 0 atom stereocenters. The van der Waals surface area contributed by atoms with Gasteiger partial charge in [-0.25, -0.2) is 4.79 Å². The third kappa shape index (κ3) is 2.95. The Kier molecular flexibility index (Phi) is 4.57. The molecular weight excluding hydrogens is 366 g/mol. The van der Waals surface area contributed by atoms with Gasteiger partial charge in [-0.15, -0.1) is 0 Å². The van der Waals surface area contributed by atoms with Crippen molar-refractivity contribution in [3.8, 4) is 0 Å². The number of nitrogens with one attached hydrogen (secondary N) is 2. The van der Waals surface area contributed by atoms with Crippen LogP contribution in [0.2, 0.25) is 0 Å². The van der Waals surface area contributed by atoms with Gasteiger partial charge in [-0.3, -0.25) is 4.79 Å². The van der Waals surface area contributed by atoms with E-state index >= 15 is 0 Å². The van der Waals surface area contributed by atoms with Gasteiger partial charge in [-0.05, 0) is 54.9 Å². The minimum Gasteiger partial charge on any atom is -0.393 e. The summed E-state index contributed by atoms with van der Waals surface area (Å²) >= 11 is 0. The van der Waals surface area contributed by atoms with Crippen molar-refractivity contribution in [3.05, 3.63) is 35.9 Å². The molecular formula is C23H31N3O3. The zero-order valence-electron chi connectivity index (χ0n) is 17.0. The SMILES string of the molecule is CNC(=O)NC1CN(C(=O)CC2(c3ccccc3)C3CC4CC2CC(C3)C4O)C1. The quantitative estimate of drug-likeness (QED) is 0.726. The highest BCUT2D eigenvalue weighted by molar-refractivity contribution is 5.80. The molecule has 1 heterocycles. The number of aliphatic hydroxyl groups excluding tert-OH is 1. The Morgan fingerprint density at radius 2 is 1.66 bits per heavy atom. The summed E-state index contributed by atoms with van der Waals surface area (Å²) in [7, 11) is 1.60. The average molecular weight is 398 g/mol. The number of likely N-dealkylation sites (tertiary alicyclic amines) is 1. The maximum absolute atomic E-state index is 13.3. The lowest BCUT2D eigenvalue weighted by molar-refractivity contribution is -0.155. The molecule has 6 heteroatoms. The number of hydrogen-bond acceptors (Lipinski definition) is 3. The summed E-state index contributed by atoms with van der Waals surface area (Å²) in [6.07, 6.45) is 4.57. The Labute approximate surface area is 172 Å². The number of amides is 3. The van der Waals surface area contributed by atoms with Gasteiger partial charge in [-0.2, -0.15) is 0 Å². The van der Waals surface area contributed by atoms with Crippen molar-refractivity contribution in [2.24, 2.45) is 23.7 Å². The average Bonchev–Trinajstić information content (AvgIpc) is 2.69. The first-order chi connectivity index (χ1) is 14.0. The summed E-state index contributed by atoms with van der Waals surface area (Å²) < 4.78 is 0. The van der Waals surface area contributed by atoms with Crippen LogP contribution < -0.4 is 10.6 Å². The van der Waals surface area contributed by atoms with E-state index in [0.29, 0.717) is 43.2 Å². The van der Waals surface area contributed by atoms with Crippen molar-refractivity contribution in [2.75, 3.05) is 20.1 Å². The molecule has 3 amide bonds. The second-order valence-electron chi connectivity index (χ2n) is 9.65. The normalized spacial score (nSPS) is 37.9. The highest BCUT2D eigenvalue weighted by Gasteiger charge is 2.61.